The van der Waals surface area contributed by atoms with E-state index < -0.39 is 6.04 Å². The molecular formula is C15H16N3O2S. The molecule has 6 heteroatoms. The van der Waals surface area contributed by atoms with Crippen LogP contribution in [0.2, 0.25) is 0 Å². The van der Waals surface area contributed by atoms with E-state index >= 15 is 0 Å². The van der Waals surface area contributed by atoms with Crippen molar-refractivity contribution in [2.24, 2.45) is 0 Å². The fourth-order valence-corrected chi connectivity index (χ4v) is 2.47. The Kier molecular flexibility index (Phi) is 5.57. The van der Waals surface area contributed by atoms with Crippen LogP contribution in [0.1, 0.15) is 6.42 Å². The van der Waals surface area contributed by atoms with Crippen molar-refractivity contribution in [2.45, 2.75) is 12.5 Å². The zero-order valence-corrected chi connectivity index (χ0v) is 12.4. The summed E-state index contributed by atoms with van der Waals surface area (Å²) >= 11 is 1.62. The number of benzene rings is 1. The number of nitrogens with one attached hydrogen (secondary N) is 2. The summed E-state index contributed by atoms with van der Waals surface area (Å²) in [6.45, 7) is 0. The highest BCUT2D eigenvalue weighted by Crippen LogP contribution is 2.20. The second-order valence-electron chi connectivity index (χ2n) is 4.45. The fourth-order valence-electron chi connectivity index (χ4n) is 2.00. The van der Waals surface area contributed by atoms with E-state index in [0.717, 1.165) is 16.7 Å². The first-order chi connectivity index (χ1) is 10.3. The quantitative estimate of drug-likeness (QED) is 0.767. The number of fused-ring (bicyclic) bond motifs is 1. The van der Waals surface area contributed by atoms with Gasteiger partial charge in [-0.25, -0.2) is 0 Å². The Morgan fingerprint density at radius 3 is 2.95 bits per heavy atom. The van der Waals surface area contributed by atoms with Gasteiger partial charge in [0.05, 0.1) is 11.2 Å². The lowest BCUT2D eigenvalue weighted by molar-refractivity contribution is -0.117. The van der Waals surface area contributed by atoms with Crippen LogP contribution in [-0.2, 0) is 9.59 Å². The summed E-state index contributed by atoms with van der Waals surface area (Å²) in [5.74, 6) is 0.520. The zero-order chi connectivity index (χ0) is 15.1. The molecule has 0 saturated heterocycles. The molecule has 2 N–H and O–H groups in total. The number of para-hydroxylation sites is 1. The molecule has 1 aromatic carbocycles. The minimum absolute atomic E-state index is 0.259. The summed E-state index contributed by atoms with van der Waals surface area (Å²) in [5.41, 5.74) is 1.37. The zero-order valence-electron chi connectivity index (χ0n) is 11.6. The van der Waals surface area contributed by atoms with Gasteiger partial charge in [-0.05, 0) is 30.6 Å². The lowest BCUT2D eigenvalue weighted by atomic mass is 10.1. The summed E-state index contributed by atoms with van der Waals surface area (Å²) < 4.78 is 0. The van der Waals surface area contributed by atoms with Crippen molar-refractivity contribution in [3.8, 4) is 0 Å². The Morgan fingerprint density at radius 1 is 1.38 bits per heavy atom. The highest BCUT2D eigenvalue weighted by Gasteiger charge is 2.18. The van der Waals surface area contributed by atoms with Gasteiger partial charge in [0, 0.05) is 11.6 Å². The van der Waals surface area contributed by atoms with Gasteiger partial charge >= 0.3 is 6.41 Å². The maximum atomic E-state index is 12.3. The minimum atomic E-state index is -0.589. The number of anilines is 1. The summed E-state index contributed by atoms with van der Waals surface area (Å²) in [7, 11) is 0. The first-order valence-electron chi connectivity index (χ1n) is 6.52. The van der Waals surface area contributed by atoms with Crippen molar-refractivity contribution in [3.63, 3.8) is 0 Å². The molecule has 1 atom stereocenters. The Bertz CT molecular complexity index is 628. The number of hydrogen-bond donors (Lipinski definition) is 2. The molecule has 0 aliphatic carbocycles. The van der Waals surface area contributed by atoms with E-state index in [1.54, 1.807) is 30.4 Å². The molecule has 109 valence electrons. The Morgan fingerprint density at radius 2 is 2.19 bits per heavy atom. The Balaban J connectivity index is 2.17. The molecule has 0 fully saturated rings. The predicted octanol–water partition coefficient (Wildman–Crippen LogP) is 1.95. The third-order valence-corrected chi connectivity index (χ3v) is 3.69. The van der Waals surface area contributed by atoms with Crippen LogP contribution in [-0.4, -0.2) is 35.4 Å². The summed E-state index contributed by atoms with van der Waals surface area (Å²) in [4.78, 5) is 27.1. The summed E-state index contributed by atoms with van der Waals surface area (Å²) in [5, 5.41) is 6.21. The Labute approximate surface area is 127 Å². The molecule has 1 heterocycles. The highest BCUT2D eigenvalue weighted by atomic mass is 32.2. The van der Waals surface area contributed by atoms with E-state index in [0.29, 0.717) is 12.1 Å². The Hall–Kier alpha value is -2.08. The molecule has 2 amide bonds. The smallest absolute Gasteiger partial charge is 0.309 e. The van der Waals surface area contributed by atoms with Crippen molar-refractivity contribution in [1.82, 2.24) is 10.3 Å². The van der Waals surface area contributed by atoms with E-state index in [2.05, 4.69) is 15.6 Å². The van der Waals surface area contributed by atoms with Crippen LogP contribution in [0.5, 0.6) is 0 Å². The average Bonchev–Trinajstić information content (AvgIpc) is 2.51. The molecule has 2 aromatic rings. The van der Waals surface area contributed by atoms with Crippen molar-refractivity contribution in [2.75, 3.05) is 17.3 Å². The number of aromatic nitrogens is 1. The first-order valence-corrected chi connectivity index (χ1v) is 7.92. The second-order valence-corrected chi connectivity index (χ2v) is 5.44. The van der Waals surface area contributed by atoms with Gasteiger partial charge in [-0.3, -0.25) is 14.6 Å². The van der Waals surface area contributed by atoms with Gasteiger partial charge in [0.2, 0.25) is 5.91 Å². The van der Waals surface area contributed by atoms with E-state index in [1.165, 1.54) is 0 Å². The largest absolute Gasteiger partial charge is 0.336 e. The lowest BCUT2D eigenvalue weighted by Gasteiger charge is -2.15. The molecule has 1 aromatic heterocycles. The number of nitrogens with zero attached hydrogens (tertiary/aromatic N) is 1. The minimum Gasteiger partial charge on any atom is -0.336 e. The first kappa shape index (κ1) is 15.3. The molecule has 0 unspecified atom stereocenters. The number of hydrogen-bond acceptors (Lipinski definition) is 4. The van der Waals surface area contributed by atoms with Crippen molar-refractivity contribution in [1.29, 1.82) is 0 Å². The molecule has 2 rings (SSSR count). The average molecular weight is 302 g/mol. The highest BCUT2D eigenvalue weighted by molar-refractivity contribution is 7.98. The van der Waals surface area contributed by atoms with Gasteiger partial charge in [-0.15, -0.1) is 0 Å². The molecule has 1 radical (unpaired) electrons. The van der Waals surface area contributed by atoms with Crippen molar-refractivity contribution in [3.05, 3.63) is 36.5 Å². The normalized spacial score (nSPS) is 11.9. The summed E-state index contributed by atoms with van der Waals surface area (Å²) in [6.07, 6.45) is 5.78. The fraction of sp³-hybridized carbons (Fsp3) is 0.267. The monoisotopic (exact) mass is 302 g/mol. The van der Waals surface area contributed by atoms with Crippen LogP contribution < -0.4 is 10.6 Å². The molecule has 0 saturated carbocycles. The van der Waals surface area contributed by atoms with Crippen LogP contribution in [0.4, 0.5) is 5.69 Å². The van der Waals surface area contributed by atoms with E-state index in [4.69, 9.17) is 0 Å². The molecule has 0 spiro atoms. The van der Waals surface area contributed by atoms with Crippen LogP contribution in [0, 0.1) is 0 Å². The molecule has 0 bridgehead atoms. The molecule has 21 heavy (non-hydrogen) atoms. The number of thioether (sulfide) groups is 1. The number of pyridine rings is 1. The molecule has 5 nitrogen and oxygen atoms in total. The number of carbonyl (C=O) groups excluding carboxylic acids is 2. The van der Waals surface area contributed by atoms with Crippen molar-refractivity contribution < 1.29 is 9.59 Å². The third-order valence-electron chi connectivity index (χ3n) is 3.05. The maximum Gasteiger partial charge on any atom is 0.309 e. The van der Waals surface area contributed by atoms with Crippen LogP contribution >= 0.6 is 11.8 Å². The maximum absolute atomic E-state index is 12.3. The lowest BCUT2D eigenvalue weighted by Crippen LogP contribution is -2.40. The van der Waals surface area contributed by atoms with Gasteiger partial charge in [0.1, 0.15) is 6.04 Å². The van der Waals surface area contributed by atoms with E-state index in [1.807, 2.05) is 30.5 Å². The molecule has 0 aliphatic rings. The third kappa shape index (κ3) is 3.95. The van der Waals surface area contributed by atoms with Gasteiger partial charge < -0.3 is 10.6 Å². The van der Waals surface area contributed by atoms with E-state index in [9.17, 15) is 9.59 Å². The van der Waals surface area contributed by atoms with Gasteiger partial charge in [-0.2, -0.15) is 11.8 Å². The molecule has 0 aliphatic heterocycles. The van der Waals surface area contributed by atoms with Crippen molar-refractivity contribution >= 4 is 40.7 Å². The second kappa shape index (κ2) is 7.64. The predicted molar refractivity (Wildman–Crippen MR) is 86.0 cm³/mol. The number of carbonyl (C=O) groups is 1. The SMILES string of the molecule is CSCC[C@H](N[C]=O)C(=O)Nc1cccc2cccnc12. The number of amides is 2. The van der Waals surface area contributed by atoms with Crippen LogP contribution in [0.3, 0.4) is 0 Å². The number of rotatable bonds is 7. The van der Waals surface area contributed by atoms with E-state index in [-0.39, 0.29) is 5.91 Å². The van der Waals surface area contributed by atoms with Gasteiger partial charge in [-0.1, -0.05) is 18.2 Å². The summed E-state index contributed by atoms with van der Waals surface area (Å²) in [6, 6.07) is 8.77. The van der Waals surface area contributed by atoms with Gasteiger partial charge in [0.15, 0.2) is 0 Å². The van der Waals surface area contributed by atoms with Crippen LogP contribution in [0.25, 0.3) is 10.9 Å². The standard InChI is InChI=1S/C15H16N3O2S/c1-21-9-7-13(17-10-19)15(20)18-12-6-2-4-11-5-3-8-16-14(11)12/h2-6,8,13H,7,9H2,1H3,(H,17,19)(H,18,20)/t13-/m0/s1. The van der Waals surface area contributed by atoms with Gasteiger partial charge in [0.25, 0.3) is 0 Å². The topological polar surface area (TPSA) is 71.1 Å². The van der Waals surface area contributed by atoms with Crippen LogP contribution in [0.15, 0.2) is 36.5 Å². The molecular weight excluding hydrogens is 286 g/mol.